The molecule has 0 spiro atoms. The van der Waals surface area contributed by atoms with Gasteiger partial charge in [0.1, 0.15) is 5.75 Å². The van der Waals surface area contributed by atoms with Crippen LogP contribution in [-0.4, -0.2) is 16.1 Å². The second kappa shape index (κ2) is 8.09. The number of nitrogens with two attached hydrogens (primary N) is 1. The van der Waals surface area contributed by atoms with E-state index in [0.29, 0.717) is 22.1 Å². The summed E-state index contributed by atoms with van der Waals surface area (Å²) in [6.07, 6.45) is 7.48. The number of hydrogen-bond acceptors (Lipinski definition) is 5. The largest absolute Gasteiger partial charge is 0.489 e. The van der Waals surface area contributed by atoms with Crippen molar-refractivity contribution in [1.29, 1.82) is 0 Å². The van der Waals surface area contributed by atoms with Gasteiger partial charge in [-0.3, -0.25) is 9.78 Å². The Morgan fingerprint density at radius 1 is 1.34 bits per heavy atom. The van der Waals surface area contributed by atoms with E-state index in [1.54, 1.807) is 23.6 Å². The predicted octanol–water partition coefficient (Wildman–Crippen LogP) is 5.30. The van der Waals surface area contributed by atoms with Gasteiger partial charge in [0.25, 0.3) is 5.56 Å². The zero-order valence-corrected chi connectivity index (χ0v) is 18.2. The summed E-state index contributed by atoms with van der Waals surface area (Å²) < 4.78 is 6.28. The second-order valence-electron chi connectivity index (χ2n) is 8.26. The molecule has 5 nitrogen and oxygen atoms in total. The molecular weight excluding hydrogens is 406 g/mol. The molecule has 1 unspecified atom stereocenters. The number of H-pyrrole nitrogens is 1. The fourth-order valence-corrected chi connectivity index (χ4v) is 5.57. The molecule has 0 bridgehead atoms. The molecular formula is C22H26ClN3O2S. The van der Waals surface area contributed by atoms with Gasteiger partial charge < -0.3 is 15.5 Å². The maximum atomic E-state index is 12.0. The molecule has 154 valence electrons. The van der Waals surface area contributed by atoms with Crippen LogP contribution < -0.4 is 16.0 Å². The third-order valence-electron chi connectivity index (χ3n) is 6.51. The number of halogens is 1. The minimum absolute atomic E-state index is 0.00747. The third-order valence-corrected chi connectivity index (χ3v) is 7.66. The highest BCUT2D eigenvalue weighted by Gasteiger charge is 2.44. The maximum absolute atomic E-state index is 12.0. The molecule has 1 fully saturated rings. The van der Waals surface area contributed by atoms with Crippen molar-refractivity contribution in [1.82, 2.24) is 9.97 Å². The van der Waals surface area contributed by atoms with Crippen molar-refractivity contribution in [2.75, 3.05) is 0 Å². The number of nitrogens with zero attached hydrogens (tertiary/aromatic N) is 1. The Morgan fingerprint density at radius 2 is 2.10 bits per heavy atom. The smallest absolute Gasteiger partial charge is 0.255 e. The van der Waals surface area contributed by atoms with Crippen molar-refractivity contribution in [2.45, 2.75) is 51.7 Å². The summed E-state index contributed by atoms with van der Waals surface area (Å²) in [6, 6.07) is 5.40. The van der Waals surface area contributed by atoms with Crippen molar-refractivity contribution in [2.24, 2.45) is 17.1 Å². The number of rotatable bonds is 5. The SMILES string of the molecule is CC(C)C1(C(N)c2cncs2)CCC(Oc2cc3cc[nH]c(=O)c3cc2Cl)CC1. The second-order valence-corrected chi connectivity index (χ2v) is 9.59. The molecule has 2 aromatic heterocycles. The van der Waals surface area contributed by atoms with Gasteiger partial charge in [-0.1, -0.05) is 25.4 Å². The highest BCUT2D eigenvalue weighted by Crippen LogP contribution is 2.51. The summed E-state index contributed by atoms with van der Waals surface area (Å²) in [6.45, 7) is 4.53. The van der Waals surface area contributed by atoms with Crippen LogP contribution in [0.5, 0.6) is 5.75 Å². The summed E-state index contributed by atoms with van der Waals surface area (Å²) in [5, 5.41) is 1.87. The molecule has 1 aliphatic carbocycles. The number of hydrogen-bond donors (Lipinski definition) is 2. The average molecular weight is 432 g/mol. The maximum Gasteiger partial charge on any atom is 0.255 e. The molecule has 29 heavy (non-hydrogen) atoms. The van der Waals surface area contributed by atoms with Crippen molar-refractivity contribution >= 4 is 33.7 Å². The molecule has 0 saturated heterocycles. The van der Waals surface area contributed by atoms with E-state index < -0.39 is 0 Å². The Morgan fingerprint density at radius 3 is 2.76 bits per heavy atom. The zero-order valence-electron chi connectivity index (χ0n) is 16.7. The number of benzene rings is 1. The number of ether oxygens (including phenoxy) is 1. The van der Waals surface area contributed by atoms with Crippen molar-refractivity contribution in [3.63, 3.8) is 0 Å². The van der Waals surface area contributed by atoms with E-state index in [1.165, 1.54) is 0 Å². The van der Waals surface area contributed by atoms with Gasteiger partial charge in [0.05, 0.1) is 16.6 Å². The van der Waals surface area contributed by atoms with Crippen LogP contribution in [0, 0.1) is 11.3 Å². The molecule has 1 atom stereocenters. The molecule has 4 rings (SSSR count). The number of nitrogens with one attached hydrogen (secondary N) is 1. The summed E-state index contributed by atoms with van der Waals surface area (Å²) in [7, 11) is 0. The first-order valence-corrected chi connectivity index (χ1v) is 11.3. The Hall–Kier alpha value is -1.89. The summed E-state index contributed by atoms with van der Waals surface area (Å²) in [5.41, 5.74) is 8.48. The minimum Gasteiger partial charge on any atom is -0.489 e. The normalized spacial score (nSPS) is 23.4. The molecule has 0 amide bonds. The molecule has 3 aromatic rings. The summed E-state index contributed by atoms with van der Waals surface area (Å²) in [4.78, 5) is 20.0. The van der Waals surface area contributed by atoms with E-state index in [9.17, 15) is 4.79 Å². The van der Waals surface area contributed by atoms with Crippen LogP contribution in [-0.2, 0) is 0 Å². The van der Waals surface area contributed by atoms with Crippen LogP contribution in [0.15, 0.2) is 40.9 Å². The summed E-state index contributed by atoms with van der Waals surface area (Å²) >= 11 is 8.05. The first kappa shape index (κ1) is 20.4. The van der Waals surface area contributed by atoms with E-state index in [1.807, 2.05) is 23.8 Å². The molecule has 2 heterocycles. The fourth-order valence-electron chi connectivity index (χ4n) is 4.62. The van der Waals surface area contributed by atoms with Crippen molar-refractivity contribution in [3.8, 4) is 5.75 Å². The lowest BCUT2D eigenvalue weighted by Crippen LogP contribution is -2.43. The number of pyridine rings is 1. The first-order chi connectivity index (χ1) is 13.9. The van der Waals surface area contributed by atoms with Gasteiger partial charge in [0.15, 0.2) is 0 Å². The lowest BCUT2D eigenvalue weighted by Gasteiger charge is -2.46. The number of aromatic nitrogens is 2. The minimum atomic E-state index is -0.146. The lowest BCUT2D eigenvalue weighted by atomic mass is 9.62. The van der Waals surface area contributed by atoms with Gasteiger partial charge in [-0.2, -0.15) is 0 Å². The van der Waals surface area contributed by atoms with E-state index in [-0.39, 0.29) is 23.1 Å². The van der Waals surface area contributed by atoms with Crippen LogP contribution in [0.1, 0.15) is 50.4 Å². The number of thiazole rings is 1. The third kappa shape index (κ3) is 3.81. The van der Waals surface area contributed by atoms with Gasteiger partial charge in [-0.15, -0.1) is 11.3 Å². The van der Waals surface area contributed by atoms with Crippen molar-refractivity contribution < 1.29 is 4.74 Å². The monoisotopic (exact) mass is 431 g/mol. The molecule has 1 saturated carbocycles. The van der Waals surface area contributed by atoms with E-state index in [0.717, 1.165) is 35.9 Å². The van der Waals surface area contributed by atoms with E-state index >= 15 is 0 Å². The number of fused-ring (bicyclic) bond motifs is 1. The highest BCUT2D eigenvalue weighted by molar-refractivity contribution is 7.09. The predicted molar refractivity (Wildman–Crippen MR) is 119 cm³/mol. The first-order valence-electron chi connectivity index (χ1n) is 10.0. The summed E-state index contributed by atoms with van der Waals surface area (Å²) in [5.74, 6) is 1.11. The van der Waals surface area contributed by atoms with Gasteiger partial charge in [0.2, 0.25) is 0 Å². The molecule has 3 N–H and O–H groups in total. The highest BCUT2D eigenvalue weighted by atomic mass is 35.5. The molecule has 0 radical (unpaired) electrons. The van der Waals surface area contributed by atoms with Gasteiger partial charge in [0, 0.05) is 28.7 Å². The zero-order chi connectivity index (χ0) is 20.6. The average Bonchev–Trinajstić information content (AvgIpc) is 3.24. The van der Waals surface area contributed by atoms with E-state index in [4.69, 9.17) is 22.1 Å². The van der Waals surface area contributed by atoms with E-state index in [2.05, 4.69) is 23.8 Å². The molecule has 7 heteroatoms. The Labute approximate surface area is 179 Å². The van der Waals surface area contributed by atoms with Gasteiger partial charge >= 0.3 is 0 Å². The van der Waals surface area contributed by atoms with Gasteiger partial charge in [-0.25, -0.2) is 0 Å². The molecule has 1 aromatic carbocycles. The van der Waals surface area contributed by atoms with Crippen LogP contribution in [0.25, 0.3) is 10.8 Å². The topological polar surface area (TPSA) is 81.0 Å². The Balaban J connectivity index is 1.51. The van der Waals surface area contributed by atoms with Crippen LogP contribution in [0.2, 0.25) is 5.02 Å². The standard InChI is InChI=1S/C22H26ClN3O2S/c1-13(2)22(20(24)19-11-25-12-29-19)6-3-15(4-7-22)28-18-9-14-5-8-26-21(27)16(14)10-17(18)23/h5,8-13,15,20H,3-4,6-7,24H2,1-2H3,(H,26,27). The number of aromatic amines is 1. The fraction of sp³-hybridized carbons (Fsp3) is 0.455. The quantitative estimate of drug-likeness (QED) is 0.574. The Kier molecular flexibility index (Phi) is 5.69. The Bertz CT molecular complexity index is 1040. The van der Waals surface area contributed by atoms with Crippen LogP contribution >= 0.6 is 22.9 Å². The van der Waals surface area contributed by atoms with Crippen molar-refractivity contribution in [3.05, 3.63) is 56.4 Å². The molecule has 1 aliphatic rings. The van der Waals surface area contributed by atoms with Crippen LogP contribution in [0.3, 0.4) is 0 Å². The molecule has 0 aliphatic heterocycles. The lowest BCUT2D eigenvalue weighted by molar-refractivity contribution is 0.0269. The van der Waals surface area contributed by atoms with Crippen LogP contribution in [0.4, 0.5) is 0 Å². The van der Waals surface area contributed by atoms with Gasteiger partial charge in [-0.05, 0) is 60.6 Å².